The Labute approximate surface area is 163 Å². The van der Waals surface area contributed by atoms with E-state index in [-0.39, 0.29) is 5.78 Å². The molecule has 1 aromatic heterocycles. The summed E-state index contributed by atoms with van der Waals surface area (Å²) in [5, 5.41) is 0. The lowest BCUT2D eigenvalue weighted by Gasteiger charge is -2.11. The molecule has 0 aliphatic rings. The molecule has 0 unspecified atom stereocenters. The average molecular weight is 378 g/mol. The monoisotopic (exact) mass is 378 g/mol. The number of ketones is 1. The van der Waals surface area contributed by atoms with E-state index < -0.39 is 0 Å². The first-order valence-corrected chi connectivity index (χ1v) is 9.52. The first kappa shape index (κ1) is 18.9. The van der Waals surface area contributed by atoms with E-state index in [2.05, 4.69) is 0 Å². The molecule has 0 aliphatic heterocycles. The quantitative estimate of drug-likeness (QED) is 0.382. The molecule has 3 rings (SSSR count). The molecule has 3 nitrogen and oxygen atoms in total. The third-order valence-corrected chi connectivity index (χ3v) is 5.15. The van der Waals surface area contributed by atoms with Crippen LogP contribution < -0.4 is 9.47 Å². The number of methoxy groups -OCH3 is 1. The predicted molar refractivity (Wildman–Crippen MR) is 111 cm³/mol. The lowest BCUT2D eigenvalue weighted by atomic mass is 10.1. The van der Waals surface area contributed by atoms with E-state index in [1.165, 1.54) is 16.9 Å². The lowest BCUT2D eigenvalue weighted by Crippen LogP contribution is -1.99. The maximum absolute atomic E-state index is 12.3. The fourth-order valence-corrected chi connectivity index (χ4v) is 3.42. The zero-order valence-electron chi connectivity index (χ0n) is 15.7. The van der Waals surface area contributed by atoms with Crippen LogP contribution in [0.3, 0.4) is 0 Å². The number of carbonyl (C=O) groups excluding carboxylic acids is 1. The van der Waals surface area contributed by atoms with E-state index in [4.69, 9.17) is 9.47 Å². The maximum Gasteiger partial charge on any atom is 0.195 e. The SMILES string of the molecule is COc1ccc(/C=C/C(=O)c2ccc(C)s2)cc1COc1ccc(C)cc1. The van der Waals surface area contributed by atoms with Gasteiger partial charge in [0, 0.05) is 10.4 Å². The van der Waals surface area contributed by atoms with Crippen LogP contribution in [-0.4, -0.2) is 12.9 Å². The van der Waals surface area contributed by atoms with Gasteiger partial charge in [0.05, 0.1) is 12.0 Å². The third-order valence-electron chi connectivity index (χ3n) is 4.13. The van der Waals surface area contributed by atoms with Crippen LogP contribution in [0.1, 0.15) is 31.2 Å². The first-order valence-electron chi connectivity index (χ1n) is 8.70. The molecule has 0 radical (unpaired) electrons. The summed E-state index contributed by atoms with van der Waals surface area (Å²) in [5.74, 6) is 1.59. The zero-order chi connectivity index (χ0) is 19.2. The first-order chi connectivity index (χ1) is 13.0. The van der Waals surface area contributed by atoms with Crippen molar-refractivity contribution in [1.82, 2.24) is 0 Å². The van der Waals surface area contributed by atoms with E-state index in [1.54, 1.807) is 13.2 Å². The second kappa shape index (κ2) is 8.69. The van der Waals surface area contributed by atoms with Gasteiger partial charge in [0.15, 0.2) is 5.78 Å². The second-order valence-electron chi connectivity index (χ2n) is 6.28. The minimum absolute atomic E-state index is 0.0152. The summed E-state index contributed by atoms with van der Waals surface area (Å²) < 4.78 is 11.3. The van der Waals surface area contributed by atoms with Gasteiger partial charge in [-0.3, -0.25) is 4.79 Å². The lowest BCUT2D eigenvalue weighted by molar-refractivity contribution is 0.105. The van der Waals surface area contributed by atoms with Crippen LogP contribution in [-0.2, 0) is 6.61 Å². The molecule has 0 atom stereocenters. The number of thiophene rings is 1. The van der Waals surface area contributed by atoms with Gasteiger partial charge in [-0.1, -0.05) is 29.8 Å². The minimum atomic E-state index is 0.0152. The predicted octanol–water partition coefficient (Wildman–Crippen LogP) is 5.85. The summed E-state index contributed by atoms with van der Waals surface area (Å²) in [4.78, 5) is 14.1. The second-order valence-corrected chi connectivity index (χ2v) is 7.57. The topological polar surface area (TPSA) is 35.5 Å². The Morgan fingerprint density at radius 3 is 2.48 bits per heavy atom. The van der Waals surface area contributed by atoms with Gasteiger partial charge in [0.25, 0.3) is 0 Å². The highest BCUT2D eigenvalue weighted by molar-refractivity contribution is 7.14. The molecule has 1 heterocycles. The van der Waals surface area contributed by atoms with Crippen molar-refractivity contribution < 1.29 is 14.3 Å². The van der Waals surface area contributed by atoms with Crippen LogP contribution in [0.5, 0.6) is 11.5 Å². The Morgan fingerprint density at radius 2 is 1.81 bits per heavy atom. The van der Waals surface area contributed by atoms with Crippen molar-refractivity contribution in [2.45, 2.75) is 20.5 Å². The van der Waals surface area contributed by atoms with Gasteiger partial charge >= 0.3 is 0 Å². The molecular formula is C23H22O3S. The van der Waals surface area contributed by atoms with E-state index in [1.807, 2.05) is 74.5 Å². The molecule has 0 bridgehead atoms. The number of aryl methyl sites for hydroxylation is 2. The molecule has 0 saturated heterocycles. The fourth-order valence-electron chi connectivity index (χ4n) is 2.63. The van der Waals surface area contributed by atoms with Crippen LogP contribution in [0.4, 0.5) is 0 Å². The number of carbonyl (C=O) groups is 1. The van der Waals surface area contributed by atoms with Gasteiger partial charge in [0.1, 0.15) is 18.1 Å². The van der Waals surface area contributed by atoms with Crippen molar-refractivity contribution in [3.8, 4) is 11.5 Å². The van der Waals surface area contributed by atoms with Crippen molar-refractivity contribution >= 4 is 23.2 Å². The van der Waals surface area contributed by atoms with E-state index in [0.717, 1.165) is 32.4 Å². The van der Waals surface area contributed by atoms with Gasteiger partial charge in [0.2, 0.25) is 0 Å². The summed E-state index contributed by atoms with van der Waals surface area (Å²) in [5.41, 5.74) is 3.05. The largest absolute Gasteiger partial charge is 0.496 e. The molecule has 0 N–H and O–H groups in total. The number of ether oxygens (including phenoxy) is 2. The van der Waals surface area contributed by atoms with E-state index in [0.29, 0.717) is 6.61 Å². The summed E-state index contributed by atoms with van der Waals surface area (Å²) in [6.07, 6.45) is 3.43. The van der Waals surface area contributed by atoms with Gasteiger partial charge in [-0.05, 0) is 61.9 Å². The molecule has 27 heavy (non-hydrogen) atoms. The van der Waals surface area contributed by atoms with Crippen LogP contribution >= 0.6 is 11.3 Å². The van der Waals surface area contributed by atoms with Crippen LogP contribution in [0, 0.1) is 13.8 Å². The molecule has 4 heteroatoms. The van der Waals surface area contributed by atoms with E-state index >= 15 is 0 Å². The standard InChI is InChI=1S/C23H22O3S/c1-16-4-9-20(10-5-16)26-15-19-14-18(8-12-22(19)25-3)7-11-21(24)23-13-6-17(2)27-23/h4-14H,15H2,1-3H3/b11-7+. The van der Waals surface area contributed by atoms with E-state index in [9.17, 15) is 4.79 Å². The van der Waals surface area contributed by atoms with Crippen molar-refractivity contribution in [2.75, 3.05) is 7.11 Å². The molecule has 0 amide bonds. The van der Waals surface area contributed by atoms with Gasteiger partial charge in [-0.15, -0.1) is 11.3 Å². The number of benzene rings is 2. The fraction of sp³-hybridized carbons (Fsp3) is 0.174. The van der Waals surface area contributed by atoms with Crippen LogP contribution in [0.2, 0.25) is 0 Å². The minimum Gasteiger partial charge on any atom is -0.496 e. The number of hydrogen-bond acceptors (Lipinski definition) is 4. The molecule has 138 valence electrons. The Bertz CT molecular complexity index is 952. The van der Waals surface area contributed by atoms with Crippen LogP contribution in [0.15, 0.2) is 60.7 Å². The highest BCUT2D eigenvalue weighted by Gasteiger charge is 2.07. The normalized spacial score (nSPS) is 10.9. The number of rotatable bonds is 7. The van der Waals surface area contributed by atoms with Crippen LogP contribution in [0.25, 0.3) is 6.08 Å². The molecule has 3 aromatic rings. The van der Waals surface area contributed by atoms with Crippen molar-refractivity contribution in [1.29, 1.82) is 0 Å². The Morgan fingerprint density at radius 1 is 1.04 bits per heavy atom. The van der Waals surface area contributed by atoms with Gasteiger partial charge < -0.3 is 9.47 Å². The van der Waals surface area contributed by atoms with Gasteiger partial charge in [-0.2, -0.15) is 0 Å². The molecule has 0 fully saturated rings. The number of allylic oxidation sites excluding steroid dienone is 1. The highest BCUT2D eigenvalue weighted by atomic mass is 32.1. The van der Waals surface area contributed by atoms with Crippen molar-refractivity contribution in [3.05, 3.63) is 87.1 Å². The van der Waals surface area contributed by atoms with Gasteiger partial charge in [-0.25, -0.2) is 0 Å². The Balaban J connectivity index is 1.73. The smallest absolute Gasteiger partial charge is 0.195 e. The molecule has 0 saturated carbocycles. The van der Waals surface area contributed by atoms with Crippen molar-refractivity contribution in [2.24, 2.45) is 0 Å². The molecule has 2 aromatic carbocycles. The van der Waals surface area contributed by atoms with Crippen molar-refractivity contribution in [3.63, 3.8) is 0 Å². The molecule has 0 spiro atoms. The summed E-state index contributed by atoms with van der Waals surface area (Å²) in [7, 11) is 1.64. The summed E-state index contributed by atoms with van der Waals surface area (Å²) in [6.45, 7) is 4.43. The zero-order valence-corrected chi connectivity index (χ0v) is 16.5. The third kappa shape index (κ3) is 5.08. The Kier molecular flexibility index (Phi) is 6.09. The molecular weight excluding hydrogens is 356 g/mol. The number of hydrogen-bond donors (Lipinski definition) is 0. The Hall–Kier alpha value is -2.85. The summed E-state index contributed by atoms with van der Waals surface area (Å²) in [6, 6.07) is 17.6. The maximum atomic E-state index is 12.3. The highest BCUT2D eigenvalue weighted by Crippen LogP contribution is 2.23. The summed E-state index contributed by atoms with van der Waals surface area (Å²) >= 11 is 1.51. The molecule has 0 aliphatic carbocycles. The average Bonchev–Trinajstić information content (AvgIpc) is 3.12.